The van der Waals surface area contributed by atoms with E-state index in [1.807, 2.05) is 19.1 Å². The molecular weight excluding hydrogens is 378 g/mol. The summed E-state index contributed by atoms with van der Waals surface area (Å²) >= 11 is 0. The Labute approximate surface area is 180 Å². The van der Waals surface area contributed by atoms with Crippen LogP contribution in [0.1, 0.15) is 25.0 Å². The van der Waals surface area contributed by atoms with Crippen LogP contribution in [0.4, 0.5) is 0 Å². The Balaban J connectivity index is 1.70. The third-order valence-electron chi connectivity index (χ3n) is 4.47. The summed E-state index contributed by atoms with van der Waals surface area (Å²) in [5.41, 5.74) is 2.96. The molecule has 0 amide bonds. The lowest BCUT2D eigenvalue weighted by Gasteiger charge is -2.23. The molecule has 2 aromatic rings. The van der Waals surface area contributed by atoms with Crippen molar-refractivity contribution in [3.8, 4) is 0 Å². The summed E-state index contributed by atoms with van der Waals surface area (Å²) in [6, 6.07) is 20.9. The first kappa shape index (κ1) is 23.8. The maximum atomic E-state index is 11.3. The maximum Gasteiger partial charge on any atom is 0.333 e. The lowest BCUT2D eigenvalue weighted by atomic mass is 10.1. The van der Waals surface area contributed by atoms with E-state index in [2.05, 4.69) is 60.0 Å². The molecule has 0 radical (unpaired) electrons. The molecule has 0 aliphatic carbocycles. The van der Waals surface area contributed by atoms with E-state index < -0.39 is 0 Å². The van der Waals surface area contributed by atoms with Crippen molar-refractivity contribution in [3.63, 3.8) is 0 Å². The van der Waals surface area contributed by atoms with Gasteiger partial charge in [-0.1, -0.05) is 67.2 Å². The van der Waals surface area contributed by atoms with Crippen molar-refractivity contribution in [2.24, 2.45) is 0 Å². The van der Waals surface area contributed by atoms with Gasteiger partial charge in [0.25, 0.3) is 0 Å². The minimum absolute atomic E-state index is 0.0646. The first-order valence-corrected chi connectivity index (χ1v) is 10.4. The van der Waals surface area contributed by atoms with Crippen LogP contribution in [0, 0.1) is 0 Å². The number of benzene rings is 2. The van der Waals surface area contributed by atoms with E-state index in [1.165, 1.54) is 11.1 Å². The smallest absolute Gasteiger partial charge is 0.333 e. The van der Waals surface area contributed by atoms with Gasteiger partial charge in [-0.3, -0.25) is 4.90 Å². The van der Waals surface area contributed by atoms with E-state index in [9.17, 15) is 4.79 Å². The highest BCUT2D eigenvalue weighted by molar-refractivity contribution is 5.86. The molecule has 0 saturated heterocycles. The SMILES string of the molecule is C=C(C)C(=O)OCCOC(C)COCCN(Cc1ccccc1)Cc1ccccc1. The Hall–Kier alpha value is -2.47. The molecule has 2 rings (SSSR count). The molecule has 0 bridgehead atoms. The van der Waals surface area contributed by atoms with Crippen LogP contribution in [0.5, 0.6) is 0 Å². The average Bonchev–Trinajstić information content (AvgIpc) is 2.75. The molecule has 0 fully saturated rings. The van der Waals surface area contributed by atoms with Gasteiger partial charge >= 0.3 is 5.97 Å². The summed E-state index contributed by atoms with van der Waals surface area (Å²) in [6.07, 6.45) is -0.0646. The highest BCUT2D eigenvalue weighted by atomic mass is 16.6. The number of carbonyl (C=O) groups is 1. The maximum absolute atomic E-state index is 11.3. The fourth-order valence-corrected chi connectivity index (χ4v) is 2.90. The predicted molar refractivity (Wildman–Crippen MR) is 119 cm³/mol. The standard InChI is InChI=1S/C25H33NO4/c1-21(2)25(27)30-17-16-29-22(3)20-28-15-14-26(18-23-10-6-4-7-11-23)19-24-12-8-5-9-13-24/h4-13,22H,1,14-20H2,2-3H3. The molecule has 2 aromatic carbocycles. The first-order valence-electron chi connectivity index (χ1n) is 10.4. The van der Waals surface area contributed by atoms with E-state index in [-0.39, 0.29) is 18.7 Å². The number of nitrogens with zero attached hydrogens (tertiary/aromatic N) is 1. The fraction of sp³-hybridized carbons (Fsp3) is 0.400. The Morgan fingerprint density at radius 2 is 1.50 bits per heavy atom. The van der Waals surface area contributed by atoms with Crippen LogP contribution >= 0.6 is 0 Å². The van der Waals surface area contributed by atoms with Crippen LogP contribution in [0.25, 0.3) is 0 Å². The van der Waals surface area contributed by atoms with Crippen molar-refractivity contribution in [2.75, 3.05) is 33.0 Å². The van der Waals surface area contributed by atoms with Crippen LogP contribution in [-0.2, 0) is 32.1 Å². The summed E-state index contributed by atoms with van der Waals surface area (Å²) in [5.74, 6) is -0.389. The van der Waals surface area contributed by atoms with Crippen molar-refractivity contribution in [2.45, 2.75) is 33.0 Å². The lowest BCUT2D eigenvalue weighted by Crippen LogP contribution is -2.28. The number of hydrogen-bond acceptors (Lipinski definition) is 5. The van der Waals surface area contributed by atoms with Gasteiger partial charge in [-0.05, 0) is 25.0 Å². The molecular formula is C25H33NO4. The topological polar surface area (TPSA) is 48.0 Å². The molecule has 0 aliphatic heterocycles. The zero-order valence-electron chi connectivity index (χ0n) is 18.1. The van der Waals surface area contributed by atoms with Crippen LogP contribution < -0.4 is 0 Å². The van der Waals surface area contributed by atoms with Crippen LogP contribution in [0.3, 0.4) is 0 Å². The fourth-order valence-electron chi connectivity index (χ4n) is 2.90. The summed E-state index contributed by atoms with van der Waals surface area (Å²) in [6.45, 7) is 11.4. The highest BCUT2D eigenvalue weighted by Gasteiger charge is 2.09. The molecule has 1 atom stereocenters. The molecule has 0 aromatic heterocycles. The molecule has 0 saturated carbocycles. The Morgan fingerprint density at radius 1 is 0.933 bits per heavy atom. The van der Waals surface area contributed by atoms with Crippen molar-refractivity contribution in [1.82, 2.24) is 4.90 Å². The van der Waals surface area contributed by atoms with Gasteiger partial charge in [0.15, 0.2) is 0 Å². The zero-order chi connectivity index (χ0) is 21.6. The third-order valence-corrected chi connectivity index (χ3v) is 4.47. The number of carbonyl (C=O) groups excluding carboxylic acids is 1. The zero-order valence-corrected chi connectivity index (χ0v) is 18.1. The summed E-state index contributed by atoms with van der Waals surface area (Å²) < 4.78 is 16.5. The number of ether oxygens (including phenoxy) is 3. The minimum atomic E-state index is -0.389. The predicted octanol–water partition coefficient (Wildman–Crippen LogP) is 4.23. The molecule has 162 valence electrons. The second-order valence-electron chi connectivity index (χ2n) is 7.35. The summed E-state index contributed by atoms with van der Waals surface area (Å²) in [4.78, 5) is 13.7. The Morgan fingerprint density at radius 3 is 2.03 bits per heavy atom. The Kier molecular flexibility index (Phi) is 10.9. The van der Waals surface area contributed by atoms with Gasteiger partial charge in [0.2, 0.25) is 0 Å². The van der Waals surface area contributed by atoms with E-state index in [0.29, 0.717) is 25.4 Å². The highest BCUT2D eigenvalue weighted by Crippen LogP contribution is 2.10. The van der Waals surface area contributed by atoms with Crippen molar-refractivity contribution in [1.29, 1.82) is 0 Å². The number of rotatable bonds is 14. The van der Waals surface area contributed by atoms with Gasteiger partial charge in [0.05, 0.1) is 25.9 Å². The molecule has 30 heavy (non-hydrogen) atoms. The average molecular weight is 412 g/mol. The minimum Gasteiger partial charge on any atom is -0.460 e. The molecule has 5 heteroatoms. The monoisotopic (exact) mass is 411 g/mol. The number of hydrogen-bond donors (Lipinski definition) is 0. The summed E-state index contributed by atoms with van der Waals surface area (Å²) in [5, 5.41) is 0. The second-order valence-corrected chi connectivity index (χ2v) is 7.35. The van der Waals surface area contributed by atoms with Gasteiger partial charge < -0.3 is 14.2 Å². The van der Waals surface area contributed by atoms with E-state index in [0.717, 1.165) is 19.6 Å². The summed E-state index contributed by atoms with van der Waals surface area (Å²) in [7, 11) is 0. The van der Waals surface area contributed by atoms with Crippen molar-refractivity contribution < 1.29 is 19.0 Å². The lowest BCUT2D eigenvalue weighted by molar-refractivity contribution is -0.141. The molecule has 5 nitrogen and oxygen atoms in total. The van der Waals surface area contributed by atoms with Gasteiger partial charge in [0, 0.05) is 25.2 Å². The largest absolute Gasteiger partial charge is 0.460 e. The van der Waals surface area contributed by atoms with E-state index in [4.69, 9.17) is 14.2 Å². The van der Waals surface area contributed by atoms with Gasteiger partial charge in [-0.2, -0.15) is 0 Å². The van der Waals surface area contributed by atoms with Crippen molar-refractivity contribution >= 4 is 5.97 Å². The second kappa shape index (κ2) is 13.7. The molecule has 0 N–H and O–H groups in total. The quantitative estimate of drug-likeness (QED) is 0.264. The van der Waals surface area contributed by atoms with E-state index in [1.54, 1.807) is 6.92 Å². The molecule has 0 aliphatic rings. The van der Waals surface area contributed by atoms with Gasteiger partial charge in [-0.25, -0.2) is 4.79 Å². The van der Waals surface area contributed by atoms with Crippen LogP contribution in [-0.4, -0.2) is 49.9 Å². The molecule has 0 spiro atoms. The van der Waals surface area contributed by atoms with Crippen LogP contribution in [0.2, 0.25) is 0 Å². The molecule has 0 heterocycles. The normalized spacial score (nSPS) is 12.0. The van der Waals surface area contributed by atoms with E-state index >= 15 is 0 Å². The Bertz CT molecular complexity index is 707. The van der Waals surface area contributed by atoms with Crippen LogP contribution in [0.15, 0.2) is 72.8 Å². The van der Waals surface area contributed by atoms with Gasteiger partial charge in [-0.15, -0.1) is 0 Å². The van der Waals surface area contributed by atoms with Gasteiger partial charge in [0.1, 0.15) is 6.61 Å². The molecule has 1 unspecified atom stereocenters. The number of esters is 1. The first-order chi connectivity index (χ1) is 14.5. The third kappa shape index (κ3) is 9.83. The van der Waals surface area contributed by atoms with Crippen molar-refractivity contribution in [3.05, 3.63) is 83.9 Å².